The number of hydrogen-bond donors (Lipinski definition) is 2. The van der Waals surface area contributed by atoms with Gasteiger partial charge in [-0.25, -0.2) is 9.18 Å². The smallest absolute Gasteiger partial charge is 0.407 e. The molecule has 3 aliphatic rings. The van der Waals surface area contributed by atoms with Crippen LogP contribution in [0.2, 0.25) is 5.02 Å². The van der Waals surface area contributed by atoms with Crippen LogP contribution in [0.5, 0.6) is 6.01 Å². The van der Waals surface area contributed by atoms with Gasteiger partial charge in [-0.2, -0.15) is 9.97 Å². The Morgan fingerprint density at radius 2 is 1.75 bits per heavy atom. The Hall–Kier alpha value is -4.66. The molecule has 8 rings (SSSR count). The molecule has 3 aliphatic heterocycles. The number of carbonyl (C=O) groups is 1. The first kappa shape index (κ1) is 38.2. The first-order valence-electron chi connectivity index (χ1n) is 19.3. The number of amides is 1. The molecule has 0 unspecified atom stereocenters. The molecule has 3 fully saturated rings. The monoisotopic (exact) mass is 782 g/mol. The van der Waals surface area contributed by atoms with E-state index in [9.17, 15) is 9.90 Å². The van der Waals surface area contributed by atoms with Gasteiger partial charge in [-0.05, 0) is 63.0 Å². The lowest BCUT2D eigenvalue weighted by Gasteiger charge is -2.34. The molecule has 2 aromatic heterocycles. The first-order chi connectivity index (χ1) is 27.1. The predicted molar refractivity (Wildman–Crippen MR) is 216 cm³/mol. The number of anilines is 1. The van der Waals surface area contributed by atoms with Gasteiger partial charge in [0.05, 0.1) is 18.6 Å². The molecule has 0 saturated carbocycles. The van der Waals surface area contributed by atoms with E-state index < -0.39 is 11.9 Å². The number of nitrogens with one attached hydrogen (secondary N) is 1. The molecule has 0 radical (unpaired) electrons. The molecule has 1 amide bonds. The van der Waals surface area contributed by atoms with Gasteiger partial charge in [0, 0.05) is 79.1 Å². The predicted octanol–water partition coefficient (Wildman–Crippen LogP) is 6.29. The van der Waals surface area contributed by atoms with E-state index in [0.717, 1.165) is 48.8 Å². The van der Waals surface area contributed by atoms with Crippen molar-refractivity contribution in [2.75, 3.05) is 65.4 Å². The lowest BCUT2D eigenvalue weighted by atomic mass is 10.0. The largest absolute Gasteiger partial charge is 0.465 e. The second-order valence-electron chi connectivity index (χ2n) is 15.6. The molecule has 4 atom stereocenters. The average molecular weight is 783 g/mol. The summed E-state index contributed by atoms with van der Waals surface area (Å²) in [6.45, 7) is 4.01. The van der Waals surface area contributed by atoms with Crippen molar-refractivity contribution < 1.29 is 23.8 Å². The van der Waals surface area contributed by atoms with Crippen molar-refractivity contribution in [3.8, 4) is 17.3 Å². The van der Waals surface area contributed by atoms with Gasteiger partial charge in [-0.15, -0.1) is 0 Å². The summed E-state index contributed by atoms with van der Waals surface area (Å²) in [5, 5.41) is 16.5. The van der Waals surface area contributed by atoms with Crippen molar-refractivity contribution in [2.24, 2.45) is 0 Å². The Labute approximate surface area is 331 Å². The highest BCUT2D eigenvalue weighted by molar-refractivity contribution is 6.36. The minimum Gasteiger partial charge on any atom is -0.465 e. The number of benzene rings is 3. The van der Waals surface area contributed by atoms with Crippen molar-refractivity contribution in [3.63, 3.8) is 0 Å². The summed E-state index contributed by atoms with van der Waals surface area (Å²) in [5.41, 5.74) is 3.13. The molecule has 294 valence electrons. The van der Waals surface area contributed by atoms with Gasteiger partial charge in [-0.3, -0.25) is 9.88 Å². The second-order valence-corrected chi connectivity index (χ2v) is 16.0. The normalized spacial score (nSPS) is 21.1. The van der Waals surface area contributed by atoms with Crippen LogP contribution in [-0.4, -0.2) is 126 Å². The lowest BCUT2D eigenvalue weighted by molar-refractivity contribution is 0.0730. The maximum absolute atomic E-state index is 16.8. The fourth-order valence-corrected chi connectivity index (χ4v) is 8.80. The molecule has 12 nitrogen and oxygen atoms in total. The molecule has 56 heavy (non-hydrogen) atoms. The molecule has 0 spiro atoms. The van der Waals surface area contributed by atoms with Crippen LogP contribution in [-0.2, 0) is 17.9 Å². The molecular weight excluding hydrogens is 735 g/mol. The van der Waals surface area contributed by atoms with Crippen molar-refractivity contribution in [1.29, 1.82) is 0 Å². The maximum Gasteiger partial charge on any atom is 0.407 e. The number of likely N-dealkylation sites (tertiary alicyclic amines) is 1. The maximum atomic E-state index is 16.8. The number of halogens is 2. The molecular formula is C42H48ClFN8O4. The number of pyridine rings is 1. The molecule has 2 bridgehead atoms. The molecule has 0 aliphatic carbocycles. The number of likely N-dealkylation sites (N-methyl/N-ethyl adjacent to an activating group) is 1. The van der Waals surface area contributed by atoms with E-state index in [1.807, 2.05) is 63.6 Å². The van der Waals surface area contributed by atoms with E-state index in [4.69, 9.17) is 26.1 Å². The van der Waals surface area contributed by atoms with Gasteiger partial charge < -0.3 is 34.6 Å². The molecule has 3 saturated heterocycles. The van der Waals surface area contributed by atoms with Gasteiger partial charge in [0.15, 0.2) is 5.82 Å². The SMILES string of the molecule is CN(C)Cc1ccc(COCCN(C(=O)O)[C@@H]2C[C@@H](COc3nc(N4C[C@H]5CC[C@@H](C4)N5)c4cnc(-c5cccc6cccc(Cl)c56)c(F)c4n3)N(C)C2)cc1. The van der Waals surface area contributed by atoms with Crippen molar-refractivity contribution in [3.05, 3.63) is 88.8 Å². The Balaban J connectivity index is 0.990. The number of piperazine rings is 1. The summed E-state index contributed by atoms with van der Waals surface area (Å²) in [6.07, 6.45) is 3.38. The average Bonchev–Trinajstić information content (AvgIpc) is 3.72. The number of fused-ring (bicyclic) bond motifs is 4. The van der Waals surface area contributed by atoms with Crippen LogP contribution in [0.15, 0.2) is 66.9 Å². The van der Waals surface area contributed by atoms with Gasteiger partial charge in [-0.1, -0.05) is 66.2 Å². The zero-order valence-corrected chi connectivity index (χ0v) is 32.8. The van der Waals surface area contributed by atoms with Crippen LogP contribution in [0.3, 0.4) is 0 Å². The zero-order chi connectivity index (χ0) is 38.9. The number of hydrogen-bond acceptors (Lipinski definition) is 10. The number of nitrogens with zero attached hydrogens (tertiary/aromatic N) is 7. The van der Waals surface area contributed by atoms with E-state index >= 15 is 4.39 Å². The van der Waals surface area contributed by atoms with E-state index in [-0.39, 0.29) is 49.1 Å². The Kier molecular flexibility index (Phi) is 11.2. The first-order valence-corrected chi connectivity index (χ1v) is 19.7. The van der Waals surface area contributed by atoms with Gasteiger partial charge >= 0.3 is 12.1 Å². The van der Waals surface area contributed by atoms with Crippen LogP contribution in [0.25, 0.3) is 32.9 Å². The summed E-state index contributed by atoms with van der Waals surface area (Å²) in [6, 6.07) is 19.9. The molecule has 14 heteroatoms. The number of aromatic nitrogens is 3. The Morgan fingerprint density at radius 3 is 2.48 bits per heavy atom. The van der Waals surface area contributed by atoms with E-state index in [1.54, 1.807) is 12.3 Å². The van der Waals surface area contributed by atoms with E-state index in [1.165, 1.54) is 10.5 Å². The van der Waals surface area contributed by atoms with Crippen molar-refractivity contribution in [1.82, 2.24) is 35.0 Å². The second kappa shape index (κ2) is 16.4. The van der Waals surface area contributed by atoms with E-state index in [2.05, 4.69) is 42.1 Å². The lowest BCUT2D eigenvalue weighted by Crippen LogP contribution is -2.51. The highest BCUT2D eigenvalue weighted by Gasteiger charge is 2.37. The van der Waals surface area contributed by atoms with Crippen molar-refractivity contribution in [2.45, 2.75) is 56.6 Å². The third kappa shape index (κ3) is 8.10. The summed E-state index contributed by atoms with van der Waals surface area (Å²) >= 11 is 6.65. The van der Waals surface area contributed by atoms with Crippen LogP contribution >= 0.6 is 11.6 Å². The highest BCUT2D eigenvalue weighted by Crippen LogP contribution is 2.38. The standard InChI is InChI=1S/C42H48ClFN8O4/c1-49(2)20-26-10-12-27(13-11-26)24-55-17-16-52(42(53)54)31-18-32(50(3)23-31)25-56-41-47-39-34(40(48-41)51-21-29-14-15-30(22-51)46-29)19-45-38(37(39)44)33-8-4-6-28-7-5-9-35(43)36(28)33/h4-13,19,29-32,46H,14-18,20-25H2,1-3H3,(H,53,54)/t29-,30+,31-,32+/m1/s1. The van der Waals surface area contributed by atoms with Crippen LogP contribution in [0, 0.1) is 5.82 Å². The fraction of sp³-hybridized carbons (Fsp3) is 0.429. The Morgan fingerprint density at radius 1 is 1.02 bits per heavy atom. The number of carboxylic acid groups (broad SMARTS) is 1. The third-order valence-electron chi connectivity index (χ3n) is 11.3. The summed E-state index contributed by atoms with van der Waals surface area (Å²) in [5.74, 6) is 0.0248. The van der Waals surface area contributed by atoms with Crippen LogP contribution in [0.4, 0.5) is 15.0 Å². The summed E-state index contributed by atoms with van der Waals surface area (Å²) in [4.78, 5) is 34.5. The van der Waals surface area contributed by atoms with E-state index in [0.29, 0.717) is 53.4 Å². The molecule has 5 aromatic rings. The Bertz CT molecular complexity index is 2190. The third-order valence-corrected chi connectivity index (χ3v) is 11.6. The summed E-state index contributed by atoms with van der Waals surface area (Å²) in [7, 11) is 6.03. The topological polar surface area (TPSA) is 119 Å². The number of ether oxygens (including phenoxy) is 2. The zero-order valence-electron chi connectivity index (χ0n) is 32.0. The summed E-state index contributed by atoms with van der Waals surface area (Å²) < 4.78 is 29.1. The minimum absolute atomic E-state index is 0.0699. The minimum atomic E-state index is -0.985. The van der Waals surface area contributed by atoms with Crippen molar-refractivity contribution >= 4 is 45.2 Å². The molecule has 3 aromatic carbocycles. The van der Waals surface area contributed by atoms with Gasteiger partial charge in [0.1, 0.15) is 23.6 Å². The molecule has 2 N–H and O–H groups in total. The molecule has 5 heterocycles. The fourth-order valence-electron chi connectivity index (χ4n) is 8.51. The number of rotatable bonds is 13. The van der Waals surface area contributed by atoms with Gasteiger partial charge in [0.2, 0.25) is 0 Å². The quantitative estimate of drug-likeness (QED) is 0.131. The highest BCUT2D eigenvalue weighted by atomic mass is 35.5. The van der Waals surface area contributed by atoms with Crippen LogP contribution in [0.1, 0.15) is 30.4 Å². The van der Waals surface area contributed by atoms with Gasteiger partial charge in [0.25, 0.3) is 0 Å². The van der Waals surface area contributed by atoms with Crippen LogP contribution < -0.4 is 15.0 Å².